The summed E-state index contributed by atoms with van der Waals surface area (Å²) in [7, 11) is 0. The van der Waals surface area contributed by atoms with E-state index in [9.17, 15) is 14.0 Å². The Hall–Kier alpha value is -2.15. The van der Waals surface area contributed by atoms with Crippen molar-refractivity contribution in [3.8, 4) is 5.88 Å². The SMILES string of the molecule is CCOC(=O)c1c2n(c3nc(Cl)c(F)cc3c1=O)C(C)CO2. The van der Waals surface area contributed by atoms with E-state index in [0.29, 0.717) is 0 Å². The number of rotatable bonds is 2. The molecule has 1 aliphatic rings. The van der Waals surface area contributed by atoms with Crippen molar-refractivity contribution < 1.29 is 18.7 Å². The fraction of sp³-hybridized carbons (Fsp3) is 0.357. The fourth-order valence-electron chi connectivity index (χ4n) is 2.46. The quantitative estimate of drug-likeness (QED) is 0.625. The number of aromatic nitrogens is 2. The van der Waals surface area contributed by atoms with Gasteiger partial charge in [0, 0.05) is 0 Å². The first-order valence-electron chi connectivity index (χ1n) is 6.69. The van der Waals surface area contributed by atoms with E-state index in [0.717, 1.165) is 6.07 Å². The Morgan fingerprint density at radius 2 is 2.36 bits per heavy atom. The second-order valence-corrected chi connectivity index (χ2v) is 5.25. The van der Waals surface area contributed by atoms with E-state index < -0.39 is 17.2 Å². The molecule has 0 aliphatic carbocycles. The normalized spacial score (nSPS) is 16.5. The highest BCUT2D eigenvalue weighted by Gasteiger charge is 2.32. The van der Waals surface area contributed by atoms with Crippen LogP contribution >= 0.6 is 11.6 Å². The Morgan fingerprint density at radius 1 is 1.64 bits per heavy atom. The van der Waals surface area contributed by atoms with E-state index >= 15 is 0 Å². The fourth-order valence-corrected chi connectivity index (χ4v) is 2.60. The third-order valence-corrected chi connectivity index (χ3v) is 3.69. The lowest BCUT2D eigenvalue weighted by atomic mass is 10.1. The van der Waals surface area contributed by atoms with Crippen LogP contribution in [0.1, 0.15) is 30.2 Å². The Balaban J connectivity index is 2.44. The largest absolute Gasteiger partial charge is 0.476 e. The van der Waals surface area contributed by atoms with Gasteiger partial charge < -0.3 is 9.47 Å². The molecule has 1 aliphatic heterocycles. The van der Waals surface area contributed by atoms with Gasteiger partial charge in [-0.15, -0.1) is 0 Å². The van der Waals surface area contributed by atoms with Crippen molar-refractivity contribution in [2.45, 2.75) is 19.9 Å². The Bertz CT molecular complexity index is 849. The molecule has 3 heterocycles. The Labute approximate surface area is 129 Å². The van der Waals surface area contributed by atoms with E-state index in [1.807, 2.05) is 6.92 Å². The van der Waals surface area contributed by atoms with Gasteiger partial charge >= 0.3 is 5.97 Å². The van der Waals surface area contributed by atoms with Crippen LogP contribution in [0.25, 0.3) is 11.0 Å². The molecule has 1 unspecified atom stereocenters. The van der Waals surface area contributed by atoms with Gasteiger partial charge in [-0.05, 0) is 19.9 Å². The van der Waals surface area contributed by atoms with Crippen LogP contribution in [0.5, 0.6) is 5.88 Å². The van der Waals surface area contributed by atoms with E-state index in [1.54, 1.807) is 11.5 Å². The molecule has 0 saturated heterocycles. The van der Waals surface area contributed by atoms with Gasteiger partial charge in [0.2, 0.25) is 11.3 Å². The summed E-state index contributed by atoms with van der Waals surface area (Å²) in [6.45, 7) is 3.83. The summed E-state index contributed by atoms with van der Waals surface area (Å²) in [6.07, 6.45) is 0. The highest BCUT2D eigenvalue weighted by atomic mass is 35.5. The van der Waals surface area contributed by atoms with Crippen LogP contribution < -0.4 is 10.2 Å². The topological polar surface area (TPSA) is 70.4 Å². The molecule has 0 saturated carbocycles. The standard InChI is InChI=1S/C14H12ClFN2O4/c1-3-21-14(20)9-10(19)7-4-8(16)11(15)17-12(7)18-6(2)5-22-13(9)18/h4,6H,3,5H2,1-2H3. The molecule has 2 aromatic heterocycles. The number of carbonyl (C=O) groups is 1. The molecular formula is C14H12ClFN2O4. The second kappa shape index (κ2) is 5.24. The van der Waals surface area contributed by atoms with E-state index in [1.165, 1.54) is 0 Å². The van der Waals surface area contributed by atoms with Crippen molar-refractivity contribution in [2.24, 2.45) is 0 Å². The van der Waals surface area contributed by atoms with Gasteiger partial charge in [0.1, 0.15) is 12.3 Å². The molecule has 0 radical (unpaired) electrons. The minimum Gasteiger partial charge on any atom is -0.476 e. The maximum Gasteiger partial charge on any atom is 0.347 e. The Morgan fingerprint density at radius 3 is 3.05 bits per heavy atom. The lowest BCUT2D eigenvalue weighted by molar-refractivity contribution is 0.0520. The van der Waals surface area contributed by atoms with Gasteiger partial charge in [0.05, 0.1) is 18.0 Å². The number of hydrogen-bond acceptors (Lipinski definition) is 5. The first-order valence-corrected chi connectivity index (χ1v) is 7.07. The number of pyridine rings is 2. The van der Waals surface area contributed by atoms with Crippen LogP contribution in [0.4, 0.5) is 4.39 Å². The zero-order valence-electron chi connectivity index (χ0n) is 11.9. The molecule has 0 N–H and O–H groups in total. The zero-order chi connectivity index (χ0) is 16.0. The molecule has 0 aromatic carbocycles. The predicted molar refractivity (Wildman–Crippen MR) is 77.1 cm³/mol. The first-order chi connectivity index (χ1) is 10.5. The van der Waals surface area contributed by atoms with Crippen LogP contribution in [-0.4, -0.2) is 28.7 Å². The smallest absolute Gasteiger partial charge is 0.347 e. The summed E-state index contributed by atoms with van der Waals surface area (Å²) in [4.78, 5) is 28.5. The lowest BCUT2D eigenvalue weighted by Gasteiger charge is -2.13. The molecular weight excluding hydrogens is 315 g/mol. The van der Waals surface area contributed by atoms with Crippen molar-refractivity contribution in [1.82, 2.24) is 9.55 Å². The van der Waals surface area contributed by atoms with Gasteiger partial charge in [0.15, 0.2) is 16.5 Å². The number of halogens is 2. The molecule has 0 fully saturated rings. The van der Waals surface area contributed by atoms with Crippen molar-refractivity contribution in [3.05, 3.63) is 32.8 Å². The summed E-state index contributed by atoms with van der Waals surface area (Å²) in [5.41, 5.74) is -0.747. The van der Waals surface area contributed by atoms with E-state index in [-0.39, 0.29) is 46.9 Å². The summed E-state index contributed by atoms with van der Waals surface area (Å²) < 4.78 is 25.6. The summed E-state index contributed by atoms with van der Waals surface area (Å²) >= 11 is 5.71. The number of ether oxygens (including phenoxy) is 2. The van der Waals surface area contributed by atoms with E-state index in [4.69, 9.17) is 21.1 Å². The average molecular weight is 327 g/mol. The molecule has 0 spiro atoms. The number of nitrogens with zero attached hydrogens (tertiary/aromatic N) is 2. The van der Waals surface area contributed by atoms with Crippen molar-refractivity contribution in [2.75, 3.05) is 13.2 Å². The molecule has 0 bridgehead atoms. The van der Waals surface area contributed by atoms with Crippen LogP contribution in [0.15, 0.2) is 10.9 Å². The molecule has 3 rings (SSSR count). The van der Waals surface area contributed by atoms with Gasteiger partial charge in [-0.3, -0.25) is 9.36 Å². The van der Waals surface area contributed by atoms with Crippen LogP contribution in [0.3, 0.4) is 0 Å². The molecule has 2 aromatic rings. The van der Waals surface area contributed by atoms with Gasteiger partial charge in [-0.2, -0.15) is 0 Å². The third-order valence-electron chi connectivity index (χ3n) is 3.43. The molecule has 6 nitrogen and oxygen atoms in total. The van der Waals surface area contributed by atoms with Gasteiger partial charge in [0.25, 0.3) is 0 Å². The monoisotopic (exact) mass is 326 g/mol. The first kappa shape index (κ1) is 14.8. The average Bonchev–Trinajstić information content (AvgIpc) is 2.83. The van der Waals surface area contributed by atoms with E-state index in [2.05, 4.69) is 4.98 Å². The third kappa shape index (κ3) is 2.04. The van der Waals surface area contributed by atoms with Crippen molar-refractivity contribution in [1.29, 1.82) is 0 Å². The minimum absolute atomic E-state index is 0.0361. The summed E-state index contributed by atoms with van der Waals surface area (Å²) in [5.74, 6) is -1.55. The minimum atomic E-state index is -0.826. The number of esters is 1. The maximum atomic E-state index is 13.7. The lowest BCUT2D eigenvalue weighted by Crippen LogP contribution is -2.22. The number of hydrogen-bond donors (Lipinski definition) is 0. The molecule has 116 valence electrons. The second-order valence-electron chi connectivity index (χ2n) is 4.89. The van der Waals surface area contributed by atoms with Crippen molar-refractivity contribution in [3.63, 3.8) is 0 Å². The summed E-state index contributed by atoms with van der Waals surface area (Å²) in [5, 5.41) is -0.379. The van der Waals surface area contributed by atoms with Crippen LogP contribution in [0, 0.1) is 5.82 Å². The van der Waals surface area contributed by atoms with Crippen LogP contribution in [-0.2, 0) is 4.74 Å². The Kier molecular flexibility index (Phi) is 3.52. The van der Waals surface area contributed by atoms with Crippen LogP contribution in [0.2, 0.25) is 5.15 Å². The predicted octanol–water partition coefficient (Wildman–Crippen LogP) is 2.32. The highest BCUT2D eigenvalue weighted by Crippen LogP contribution is 2.33. The molecule has 8 heteroatoms. The highest BCUT2D eigenvalue weighted by molar-refractivity contribution is 6.29. The van der Waals surface area contributed by atoms with Gasteiger partial charge in [-0.25, -0.2) is 14.2 Å². The summed E-state index contributed by atoms with van der Waals surface area (Å²) in [6, 6.07) is 0.800. The number of carbonyl (C=O) groups excluding carboxylic acids is 1. The van der Waals surface area contributed by atoms with Gasteiger partial charge in [-0.1, -0.05) is 11.6 Å². The molecule has 22 heavy (non-hydrogen) atoms. The molecule has 1 atom stereocenters. The maximum absolute atomic E-state index is 13.7. The van der Waals surface area contributed by atoms with Crippen molar-refractivity contribution >= 4 is 28.6 Å². The number of fused-ring (bicyclic) bond motifs is 3. The molecule has 0 amide bonds. The zero-order valence-corrected chi connectivity index (χ0v) is 12.6.